The van der Waals surface area contributed by atoms with Crippen molar-refractivity contribution in [2.24, 2.45) is 5.41 Å². The number of carboxylic acids is 1. The van der Waals surface area contributed by atoms with Crippen LogP contribution in [-0.4, -0.2) is 30.2 Å². The number of rotatable bonds is 8. The van der Waals surface area contributed by atoms with Gasteiger partial charge in [-0.3, -0.25) is 4.79 Å². The largest absolute Gasteiger partial charge is 0.481 e. The Morgan fingerprint density at radius 3 is 2.41 bits per heavy atom. The zero-order valence-corrected chi connectivity index (χ0v) is 10.4. The Morgan fingerprint density at radius 1 is 1.18 bits per heavy atom. The van der Waals surface area contributed by atoms with E-state index in [0.717, 1.165) is 12.8 Å². The summed E-state index contributed by atoms with van der Waals surface area (Å²) in [6.45, 7) is 3.04. The zero-order chi connectivity index (χ0) is 12.7. The van der Waals surface area contributed by atoms with Crippen LogP contribution in [0.25, 0.3) is 0 Å². The number of hydrogen-bond acceptors (Lipinski definition) is 2. The number of carbonyl (C=O) groups is 2. The average Bonchev–Trinajstić information content (AvgIpc) is 3.07. The van der Waals surface area contributed by atoms with Crippen molar-refractivity contribution in [3.8, 4) is 0 Å². The lowest BCUT2D eigenvalue weighted by molar-refractivity contribution is -0.143. The van der Waals surface area contributed by atoms with Crippen LogP contribution in [0.4, 0.5) is 4.79 Å². The molecule has 2 amide bonds. The molecule has 1 fully saturated rings. The summed E-state index contributed by atoms with van der Waals surface area (Å²) < 4.78 is 0. The van der Waals surface area contributed by atoms with Crippen molar-refractivity contribution in [1.29, 1.82) is 0 Å². The lowest BCUT2D eigenvalue weighted by atomic mass is 10.1. The molecule has 1 aliphatic rings. The van der Waals surface area contributed by atoms with Crippen LogP contribution >= 0.6 is 0 Å². The molecule has 0 aliphatic heterocycles. The molecule has 0 saturated heterocycles. The molecule has 0 radical (unpaired) electrons. The summed E-state index contributed by atoms with van der Waals surface area (Å²) in [5, 5.41) is 14.3. The number of amides is 2. The molecule has 5 nitrogen and oxygen atoms in total. The van der Waals surface area contributed by atoms with Crippen molar-refractivity contribution in [2.75, 3.05) is 13.1 Å². The molecule has 1 rings (SSSR count). The normalized spacial score (nSPS) is 16.3. The van der Waals surface area contributed by atoms with Crippen LogP contribution < -0.4 is 10.6 Å². The van der Waals surface area contributed by atoms with Crippen molar-refractivity contribution in [1.82, 2.24) is 10.6 Å². The highest BCUT2D eigenvalue weighted by Gasteiger charge is 2.50. The van der Waals surface area contributed by atoms with Crippen molar-refractivity contribution >= 4 is 12.0 Å². The average molecular weight is 242 g/mol. The number of nitrogens with one attached hydrogen (secondary N) is 2. The first-order chi connectivity index (χ1) is 8.10. The summed E-state index contributed by atoms with van der Waals surface area (Å²) in [7, 11) is 0. The number of carboxylic acid groups (broad SMARTS) is 1. The highest BCUT2D eigenvalue weighted by atomic mass is 16.4. The maximum absolute atomic E-state index is 11.4. The Labute approximate surface area is 102 Å². The minimum absolute atomic E-state index is 0.239. The second-order valence-electron chi connectivity index (χ2n) is 4.76. The van der Waals surface area contributed by atoms with Gasteiger partial charge in [-0.25, -0.2) is 4.79 Å². The van der Waals surface area contributed by atoms with Gasteiger partial charge in [-0.2, -0.15) is 0 Å². The van der Waals surface area contributed by atoms with Crippen LogP contribution in [-0.2, 0) is 4.79 Å². The highest BCUT2D eigenvalue weighted by Crippen LogP contribution is 2.45. The topological polar surface area (TPSA) is 78.4 Å². The summed E-state index contributed by atoms with van der Waals surface area (Å²) in [4.78, 5) is 22.2. The van der Waals surface area contributed by atoms with E-state index < -0.39 is 11.4 Å². The maximum atomic E-state index is 11.4. The molecule has 1 saturated carbocycles. The number of hydrogen-bond donors (Lipinski definition) is 3. The van der Waals surface area contributed by atoms with Gasteiger partial charge in [-0.1, -0.05) is 26.2 Å². The summed E-state index contributed by atoms with van der Waals surface area (Å²) in [5.41, 5.74) is -0.681. The van der Waals surface area contributed by atoms with Crippen molar-refractivity contribution < 1.29 is 14.7 Å². The molecule has 1 aliphatic carbocycles. The first-order valence-electron chi connectivity index (χ1n) is 6.36. The van der Waals surface area contributed by atoms with Crippen LogP contribution in [0.2, 0.25) is 0 Å². The van der Waals surface area contributed by atoms with Gasteiger partial charge in [0.2, 0.25) is 0 Å². The Bertz CT molecular complexity index is 275. The molecular weight excluding hydrogens is 220 g/mol. The van der Waals surface area contributed by atoms with Gasteiger partial charge >= 0.3 is 12.0 Å². The summed E-state index contributed by atoms with van der Waals surface area (Å²) >= 11 is 0. The molecule has 0 bridgehead atoms. The SMILES string of the molecule is CCCCCCNC(=O)NCC1(C(=O)O)CC1. The van der Waals surface area contributed by atoms with E-state index in [1.54, 1.807) is 0 Å². The number of unbranched alkanes of at least 4 members (excludes halogenated alkanes) is 3. The number of urea groups is 1. The van der Waals surface area contributed by atoms with Gasteiger partial charge in [0.25, 0.3) is 0 Å². The van der Waals surface area contributed by atoms with E-state index in [9.17, 15) is 9.59 Å². The number of aliphatic carboxylic acids is 1. The Balaban J connectivity index is 2.04. The van der Waals surface area contributed by atoms with E-state index >= 15 is 0 Å². The van der Waals surface area contributed by atoms with Gasteiger partial charge in [0.15, 0.2) is 0 Å². The van der Waals surface area contributed by atoms with Gasteiger partial charge in [0.05, 0.1) is 5.41 Å². The lowest BCUT2D eigenvalue weighted by Gasteiger charge is -2.11. The zero-order valence-electron chi connectivity index (χ0n) is 10.4. The Hall–Kier alpha value is -1.26. The monoisotopic (exact) mass is 242 g/mol. The third-order valence-electron chi connectivity index (χ3n) is 3.21. The summed E-state index contributed by atoms with van der Waals surface area (Å²) in [5.74, 6) is -0.805. The molecule has 0 aromatic heterocycles. The molecule has 98 valence electrons. The van der Waals surface area contributed by atoms with E-state index in [1.165, 1.54) is 12.8 Å². The molecule has 0 atom stereocenters. The third kappa shape index (κ3) is 4.63. The van der Waals surface area contributed by atoms with Gasteiger partial charge in [0, 0.05) is 13.1 Å². The van der Waals surface area contributed by atoms with E-state index in [1.807, 2.05) is 0 Å². The third-order valence-corrected chi connectivity index (χ3v) is 3.21. The fraction of sp³-hybridized carbons (Fsp3) is 0.833. The fourth-order valence-electron chi connectivity index (χ4n) is 1.68. The van der Waals surface area contributed by atoms with Crippen LogP contribution in [0.1, 0.15) is 45.4 Å². The van der Waals surface area contributed by atoms with Crippen molar-refractivity contribution in [2.45, 2.75) is 45.4 Å². The Morgan fingerprint density at radius 2 is 1.88 bits per heavy atom. The summed E-state index contributed by atoms with van der Waals surface area (Å²) in [6.07, 6.45) is 5.79. The van der Waals surface area contributed by atoms with Crippen LogP contribution in [0.5, 0.6) is 0 Å². The second kappa shape index (κ2) is 6.47. The van der Waals surface area contributed by atoms with Crippen molar-refractivity contribution in [3.63, 3.8) is 0 Å². The molecular formula is C12H22N2O3. The van der Waals surface area contributed by atoms with Gasteiger partial charge in [-0.15, -0.1) is 0 Å². The standard InChI is InChI=1S/C12H22N2O3/c1-2-3-4-5-8-13-11(17)14-9-12(6-7-12)10(15)16/h2-9H2,1H3,(H,15,16)(H2,13,14,17). The fourth-order valence-corrected chi connectivity index (χ4v) is 1.68. The molecule has 0 aromatic rings. The molecule has 0 aromatic carbocycles. The molecule has 0 spiro atoms. The highest BCUT2D eigenvalue weighted by molar-refractivity contribution is 5.80. The minimum Gasteiger partial charge on any atom is -0.481 e. The van der Waals surface area contributed by atoms with E-state index in [4.69, 9.17) is 5.11 Å². The van der Waals surface area contributed by atoms with Crippen LogP contribution in [0, 0.1) is 5.41 Å². The number of carbonyl (C=O) groups excluding carboxylic acids is 1. The van der Waals surface area contributed by atoms with Crippen LogP contribution in [0.15, 0.2) is 0 Å². The molecule has 17 heavy (non-hydrogen) atoms. The first kappa shape index (κ1) is 13.8. The lowest BCUT2D eigenvalue weighted by Crippen LogP contribution is -2.41. The predicted octanol–water partition coefficient (Wildman–Crippen LogP) is 1.73. The molecule has 5 heteroatoms. The van der Waals surface area contributed by atoms with E-state index in [-0.39, 0.29) is 12.6 Å². The molecule has 0 heterocycles. The second-order valence-corrected chi connectivity index (χ2v) is 4.76. The smallest absolute Gasteiger partial charge is 0.314 e. The minimum atomic E-state index is -0.805. The van der Waals surface area contributed by atoms with Crippen molar-refractivity contribution in [3.05, 3.63) is 0 Å². The Kier molecular flexibility index (Phi) is 5.25. The van der Waals surface area contributed by atoms with E-state index in [2.05, 4.69) is 17.6 Å². The predicted molar refractivity (Wildman–Crippen MR) is 64.8 cm³/mol. The maximum Gasteiger partial charge on any atom is 0.314 e. The molecule has 0 unspecified atom stereocenters. The van der Waals surface area contributed by atoms with Gasteiger partial charge in [-0.05, 0) is 19.3 Å². The van der Waals surface area contributed by atoms with Gasteiger partial charge in [0.1, 0.15) is 0 Å². The first-order valence-corrected chi connectivity index (χ1v) is 6.36. The van der Waals surface area contributed by atoms with Crippen LogP contribution in [0.3, 0.4) is 0 Å². The van der Waals surface area contributed by atoms with Gasteiger partial charge < -0.3 is 15.7 Å². The molecule has 3 N–H and O–H groups in total. The van der Waals surface area contributed by atoms with E-state index in [0.29, 0.717) is 19.4 Å². The quantitative estimate of drug-likeness (QED) is 0.567. The summed E-state index contributed by atoms with van der Waals surface area (Å²) in [6, 6.07) is -0.256.